The van der Waals surface area contributed by atoms with Crippen LogP contribution in [0, 0.1) is 0 Å². The lowest BCUT2D eigenvalue weighted by molar-refractivity contribution is -0.140. The molecule has 1 aliphatic carbocycles. The van der Waals surface area contributed by atoms with Gasteiger partial charge >= 0.3 is 5.97 Å². The van der Waals surface area contributed by atoms with Gasteiger partial charge in [0.15, 0.2) is 0 Å². The van der Waals surface area contributed by atoms with Crippen LogP contribution < -0.4 is 10.6 Å². The monoisotopic (exact) mass is 288 g/mol. The van der Waals surface area contributed by atoms with Crippen molar-refractivity contribution in [2.24, 2.45) is 0 Å². The van der Waals surface area contributed by atoms with Gasteiger partial charge < -0.3 is 15.7 Å². The predicted octanol–water partition coefficient (Wildman–Crippen LogP) is 0.368. The summed E-state index contributed by atoms with van der Waals surface area (Å²) < 4.78 is 0. The Hall–Kier alpha value is -1.24. The molecule has 19 heavy (non-hydrogen) atoms. The molecule has 2 amide bonds. The molecule has 108 valence electrons. The van der Waals surface area contributed by atoms with E-state index in [1.165, 1.54) is 24.6 Å². The summed E-state index contributed by atoms with van der Waals surface area (Å²) in [5, 5.41) is 14.0. The third-order valence-electron chi connectivity index (χ3n) is 3.07. The molecule has 0 radical (unpaired) electrons. The minimum atomic E-state index is -1.05. The molecule has 1 atom stereocenters. The van der Waals surface area contributed by atoms with Crippen molar-refractivity contribution < 1.29 is 19.5 Å². The first-order chi connectivity index (χ1) is 9.13. The molecule has 0 saturated heterocycles. The van der Waals surface area contributed by atoms with Gasteiger partial charge in [0, 0.05) is 6.04 Å². The summed E-state index contributed by atoms with van der Waals surface area (Å²) in [4.78, 5) is 32.5. The number of rotatable bonds is 9. The molecule has 0 bridgehead atoms. The summed E-state index contributed by atoms with van der Waals surface area (Å²) in [7, 11) is 0. The third-order valence-corrected chi connectivity index (χ3v) is 4.06. The molecule has 3 N–H and O–H groups in total. The molecule has 0 spiro atoms. The first-order valence-corrected chi connectivity index (χ1v) is 7.58. The number of hydrogen-bond acceptors (Lipinski definition) is 4. The lowest BCUT2D eigenvalue weighted by Crippen LogP contribution is -2.36. The quantitative estimate of drug-likeness (QED) is 0.421. The van der Waals surface area contributed by atoms with Gasteiger partial charge in [-0.05, 0) is 25.0 Å². The highest BCUT2D eigenvalue weighted by atomic mass is 32.2. The summed E-state index contributed by atoms with van der Waals surface area (Å²) >= 11 is 1.39. The van der Waals surface area contributed by atoms with Crippen LogP contribution in [0.1, 0.15) is 32.1 Å². The van der Waals surface area contributed by atoms with Gasteiger partial charge in [-0.15, -0.1) is 0 Å². The maximum atomic E-state index is 11.6. The summed E-state index contributed by atoms with van der Waals surface area (Å²) in [6, 6.07) is -0.556. The van der Waals surface area contributed by atoms with Crippen LogP contribution in [0.4, 0.5) is 0 Å². The standard InChI is InChI=1S/C12H20N2O4S/c15-8-13-10(12(17)18)5-6-19-7-11(16)14-9-3-1-2-4-9/h8-10H,1-7H2,(H,13,15)(H,14,16)(H,17,18). The Morgan fingerprint density at radius 2 is 2.05 bits per heavy atom. The number of nitrogens with one attached hydrogen (secondary N) is 2. The maximum absolute atomic E-state index is 11.6. The van der Waals surface area contributed by atoms with Gasteiger partial charge in [0.25, 0.3) is 0 Å². The first kappa shape index (κ1) is 15.8. The number of thioether (sulfide) groups is 1. The molecule has 6 nitrogen and oxygen atoms in total. The second-order valence-corrected chi connectivity index (χ2v) is 5.67. The van der Waals surface area contributed by atoms with Crippen LogP contribution in [0.25, 0.3) is 0 Å². The van der Waals surface area contributed by atoms with E-state index in [9.17, 15) is 14.4 Å². The number of aliphatic carboxylic acids is 1. The van der Waals surface area contributed by atoms with Gasteiger partial charge in [0.2, 0.25) is 12.3 Å². The summed E-state index contributed by atoms with van der Waals surface area (Å²) in [6.07, 6.45) is 5.17. The van der Waals surface area contributed by atoms with E-state index >= 15 is 0 Å². The zero-order valence-corrected chi connectivity index (χ0v) is 11.6. The van der Waals surface area contributed by atoms with E-state index < -0.39 is 12.0 Å². The van der Waals surface area contributed by atoms with Crippen molar-refractivity contribution in [3.05, 3.63) is 0 Å². The van der Waals surface area contributed by atoms with E-state index in [4.69, 9.17) is 5.11 Å². The minimum absolute atomic E-state index is 0.00659. The number of carbonyl (C=O) groups is 3. The van der Waals surface area contributed by atoms with Crippen molar-refractivity contribution in [2.75, 3.05) is 11.5 Å². The Kier molecular flexibility index (Phi) is 7.32. The molecule has 0 heterocycles. The number of carbonyl (C=O) groups excluding carboxylic acids is 2. The number of amides is 2. The van der Waals surface area contributed by atoms with E-state index in [1.807, 2.05) is 0 Å². The Labute approximate surface area is 116 Å². The van der Waals surface area contributed by atoms with Crippen LogP contribution in [0.15, 0.2) is 0 Å². The van der Waals surface area contributed by atoms with Crippen LogP contribution in [-0.4, -0.2) is 47.0 Å². The number of hydrogen-bond donors (Lipinski definition) is 3. The Morgan fingerprint density at radius 1 is 1.37 bits per heavy atom. The number of carboxylic acids is 1. The molecule has 0 aromatic rings. The van der Waals surface area contributed by atoms with E-state index in [0.717, 1.165) is 12.8 Å². The van der Waals surface area contributed by atoms with Gasteiger partial charge in [-0.2, -0.15) is 11.8 Å². The van der Waals surface area contributed by atoms with E-state index in [1.54, 1.807) is 0 Å². The predicted molar refractivity (Wildman–Crippen MR) is 73.0 cm³/mol. The van der Waals surface area contributed by atoms with E-state index in [2.05, 4.69) is 10.6 Å². The highest BCUT2D eigenvalue weighted by molar-refractivity contribution is 7.99. The average molecular weight is 288 g/mol. The maximum Gasteiger partial charge on any atom is 0.326 e. The summed E-state index contributed by atoms with van der Waals surface area (Å²) in [5.74, 6) is -0.185. The third kappa shape index (κ3) is 6.47. The van der Waals surface area contributed by atoms with Crippen LogP contribution in [0.2, 0.25) is 0 Å². The van der Waals surface area contributed by atoms with Crippen LogP contribution in [0.5, 0.6) is 0 Å². The van der Waals surface area contributed by atoms with Crippen LogP contribution >= 0.6 is 11.8 Å². The SMILES string of the molecule is O=CNC(CCSCC(=O)NC1CCCC1)C(=O)O. The average Bonchev–Trinajstić information content (AvgIpc) is 2.85. The molecule has 7 heteroatoms. The minimum Gasteiger partial charge on any atom is -0.480 e. The molecule has 1 saturated carbocycles. The second kappa shape index (κ2) is 8.79. The van der Waals surface area contributed by atoms with Crippen LogP contribution in [-0.2, 0) is 14.4 Å². The summed E-state index contributed by atoms with van der Waals surface area (Å²) in [5.41, 5.74) is 0. The van der Waals surface area contributed by atoms with Gasteiger partial charge in [-0.3, -0.25) is 9.59 Å². The van der Waals surface area contributed by atoms with Gasteiger partial charge in [-0.1, -0.05) is 12.8 Å². The highest BCUT2D eigenvalue weighted by Crippen LogP contribution is 2.17. The largest absolute Gasteiger partial charge is 0.480 e. The smallest absolute Gasteiger partial charge is 0.326 e. The molecule has 0 aromatic heterocycles. The lowest BCUT2D eigenvalue weighted by atomic mass is 10.2. The normalized spacial score (nSPS) is 16.8. The Bertz CT molecular complexity index is 319. The topological polar surface area (TPSA) is 95.5 Å². The van der Waals surface area contributed by atoms with Crippen molar-refractivity contribution in [1.82, 2.24) is 10.6 Å². The van der Waals surface area contributed by atoms with Crippen LogP contribution in [0.3, 0.4) is 0 Å². The zero-order chi connectivity index (χ0) is 14.1. The van der Waals surface area contributed by atoms with Crippen molar-refractivity contribution in [1.29, 1.82) is 0 Å². The zero-order valence-electron chi connectivity index (χ0n) is 10.8. The first-order valence-electron chi connectivity index (χ1n) is 6.43. The number of carboxylic acid groups (broad SMARTS) is 1. The Morgan fingerprint density at radius 3 is 2.63 bits per heavy atom. The van der Waals surface area contributed by atoms with E-state index in [-0.39, 0.29) is 5.91 Å². The van der Waals surface area contributed by atoms with Gasteiger partial charge in [0.1, 0.15) is 6.04 Å². The fraction of sp³-hybridized carbons (Fsp3) is 0.750. The fourth-order valence-electron chi connectivity index (χ4n) is 2.07. The molecule has 0 aromatic carbocycles. The van der Waals surface area contributed by atoms with Crippen molar-refractivity contribution in [2.45, 2.75) is 44.2 Å². The molecule has 1 rings (SSSR count). The van der Waals surface area contributed by atoms with Crippen molar-refractivity contribution >= 4 is 30.0 Å². The summed E-state index contributed by atoms with van der Waals surface area (Å²) in [6.45, 7) is 0. The van der Waals surface area contributed by atoms with Crippen molar-refractivity contribution in [3.8, 4) is 0 Å². The molecule has 1 unspecified atom stereocenters. The van der Waals surface area contributed by atoms with Gasteiger partial charge in [-0.25, -0.2) is 4.79 Å². The van der Waals surface area contributed by atoms with Gasteiger partial charge in [0.05, 0.1) is 5.75 Å². The van der Waals surface area contributed by atoms with Crippen molar-refractivity contribution in [3.63, 3.8) is 0 Å². The fourth-order valence-corrected chi connectivity index (χ4v) is 2.88. The van der Waals surface area contributed by atoms with E-state index in [0.29, 0.717) is 30.4 Å². The molecule has 1 fully saturated rings. The second-order valence-electron chi connectivity index (χ2n) is 4.57. The lowest BCUT2D eigenvalue weighted by Gasteiger charge is -2.12. The molecule has 0 aliphatic heterocycles. The molecular formula is C12H20N2O4S. The molecule has 1 aliphatic rings. The molecular weight excluding hydrogens is 268 g/mol. The highest BCUT2D eigenvalue weighted by Gasteiger charge is 2.18. The Balaban J connectivity index is 2.09.